The van der Waals surface area contributed by atoms with Gasteiger partial charge < -0.3 is 69.8 Å². The van der Waals surface area contributed by atoms with Crippen LogP contribution in [0, 0.1) is 0 Å². The van der Waals surface area contributed by atoms with E-state index in [9.17, 15) is 0 Å². The van der Waals surface area contributed by atoms with E-state index in [4.69, 9.17) is 37.9 Å². The summed E-state index contributed by atoms with van der Waals surface area (Å²) in [4.78, 5) is 28.0. The molecule has 0 saturated carbocycles. The lowest BCUT2D eigenvalue weighted by Gasteiger charge is -2.13. The van der Waals surface area contributed by atoms with Crippen molar-refractivity contribution in [1.29, 1.82) is 0 Å². The number of hydrogen-bond acceptors (Lipinski definition) is 20. The zero-order valence-corrected chi connectivity index (χ0v) is 34.1. The number of unbranched alkanes of at least 4 members (excludes halogenated alkanes) is 2. The molecule has 324 valence electrons. The van der Waals surface area contributed by atoms with Gasteiger partial charge in [0.15, 0.2) is 46.0 Å². The number of nitrogens with one attached hydrogen (secondary N) is 6. The Hall–Kier alpha value is -7.90. The van der Waals surface area contributed by atoms with E-state index in [-0.39, 0.29) is 27.2 Å². The Bertz CT molecular complexity index is 2250. The second kappa shape index (κ2) is 18.4. The maximum atomic E-state index is 5.55. The summed E-state index contributed by atoms with van der Waals surface area (Å²) in [5.74, 6) is 8.40. The number of anilines is 6. The van der Waals surface area contributed by atoms with Gasteiger partial charge in [-0.3, -0.25) is 0 Å². The Kier molecular flexibility index (Phi) is 11.5. The molecular weight excluding hydrogens is 813 g/mol. The first-order chi connectivity index (χ1) is 31.1. The zero-order valence-electron chi connectivity index (χ0n) is 34.1. The molecule has 20 heteroatoms. The van der Waals surface area contributed by atoms with Crippen molar-refractivity contribution in [1.82, 2.24) is 29.9 Å². The highest BCUT2D eigenvalue weighted by Gasteiger charge is 2.18. The molecule has 6 heterocycles. The predicted molar refractivity (Wildman–Crippen MR) is 230 cm³/mol. The summed E-state index contributed by atoms with van der Waals surface area (Å²) in [6.07, 6.45) is 2.66. The van der Waals surface area contributed by atoms with Gasteiger partial charge in [-0.15, -0.1) is 0 Å². The van der Waals surface area contributed by atoms with Crippen molar-refractivity contribution < 1.29 is 37.9 Å². The molecule has 10 rings (SSSR count). The van der Waals surface area contributed by atoms with Gasteiger partial charge in [0, 0.05) is 39.3 Å². The van der Waals surface area contributed by atoms with E-state index in [0.717, 1.165) is 64.5 Å². The molecule has 0 atom stereocenters. The minimum atomic E-state index is 0.218. The van der Waals surface area contributed by atoms with E-state index in [2.05, 4.69) is 61.8 Å². The summed E-state index contributed by atoms with van der Waals surface area (Å²) in [5, 5.41) is 20.1. The lowest BCUT2D eigenvalue weighted by molar-refractivity contribution is 0.173. The molecule has 63 heavy (non-hydrogen) atoms. The average molecular weight is 857 g/mol. The van der Waals surface area contributed by atoms with Crippen LogP contribution >= 0.6 is 0 Å². The number of nitrogens with zero attached hydrogens (tertiary/aromatic N) is 6. The number of benzene rings is 4. The number of aromatic nitrogens is 6. The van der Waals surface area contributed by atoms with E-state index in [0.29, 0.717) is 98.0 Å². The minimum absolute atomic E-state index is 0.218. The van der Waals surface area contributed by atoms with Crippen LogP contribution in [0.15, 0.2) is 72.8 Å². The smallest absolute Gasteiger partial charge is 0.231 e. The maximum absolute atomic E-state index is 5.55. The van der Waals surface area contributed by atoms with Crippen LogP contribution in [0.5, 0.6) is 46.0 Å². The Morgan fingerprint density at radius 3 is 0.841 bits per heavy atom. The number of fused-ring (bicyclic) bond motifs is 4. The van der Waals surface area contributed by atoms with Gasteiger partial charge in [-0.05, 0) is 90.0 Å². The largest absolute Gasteiger partial charge is 0.454 e. The Balaban J connectivity index is 0.739. The van der Waals surface area contributed by atoms with Crippen LogP contribution in [0.2, 0.25) is 0 Å². The van der Waals surface area contributed by atoms with Crippen molar-refractivity contribution in [2.45, 2.75) is 45.4 Å². The molecule has 6 N–H and O–H groups in total. The molecule has 6 aromatic rings. The third kappa shape index (κ3) is 9.85. The van der Waals surface area contributed by atoms with Gasteiger partial charge in [0.1, 0.15) is 0 Å². The van der Waals surface area contributed by atoms with Crippen LogP contribution in [0.1, 0.15) is 41.5 Å². The van der Waals surface area contributed by atoms with Crippen LogP contribution in [-0.2, 0) is 26.2 Å². The number of rotatable bonds is 20. The molecule has 4 aliphatic heterocycles. The molecule has 0 unspecified atom stereocenters. The van der Waals surface area contributed by atoms with Crippen LogP contribution in [0.3, 0.4) is 0 Å². The second-order valence-corrected chi connectivity index (χ2v) is 14.7. The van der Waals surface area contributed by atoms with Crippen LogP contribution < -0.4 is 69.8 Å². The highest BCUT2D eigenvalue weighted by atomic mass is 16.7. The zero-order chi connectivity index (χ0) is 42.2. The van der Waals surface area contributed by atoms with Gasteiger partial charge in [0.25, 0.3) is 0 Å². The van der Waals surface area contributed by atoms with Crippen molar-refractivity contribution in [2.75, 3.05) is 72.2 Å². The highest BCUT2D eigenvalue weighted by molar-refractivity contribution is 5.50. The molecule has 20 nitrogen and oxygen atoms in total. The molecule has 0 spiro atoms. The van der Waals surface area contributed by atoms with Crippen molar-refractivity contribution in [2.24, 2.45) is 0 Å². The van der Waals surface area contributed by atoms with E-state index in [1.807, 2.05) is 72.8 Å². The molecule has 0 fully saturated rings. The van der Waals surface area contributed by atoms with E-state index >= 15 is 0 Å². The molecule has 4 aliphatic rings. The molecule has 0 radical (unpaired) electrons. The fourth-order valence-electron chi connectivity index (χ4n) is 6.98. The fraction of sp³-hybridized carbons (Fsp3) is 0.302. The summed E-state index contributed by atoms with van der Waals surface area (Å²) in [6, 6.07) is 23.3. The van der Waals surface area contributed by atoms with Crippen LogP contribution in [0.25, 0.3) is 0 Å². The van der Waals surface area contributed by atoms with E-state index < -0.39 is 0 Å². The summed E-state index contributed by atoms with van der Waals surface area (Å²) in [5.41, 5.74) is 3.99. The van der Waals surface area contributed by atoms with Gasteiger partial charge in [-0.25, -0.2) is 0 Å². The van der Waals surface area contributed by atoms with E-state index in [1.54, 1.807) is 0 Å². The van der Waals surface area contributed by atoms with Gasteiger partial charge in [-0.2, -0.15) is 29.9 Å². The van der Waals surface area contributed by atoms with Crippen molar-refractivity contribution in [3.8, 4) is 46.0 Å². The first kappa shape index (κ1) is 39.2. The quantitative estimate of drug-likeness (QED) is 0.0476. The first-order valence-electron chi connectivity index (χ1n) is 20.6. The van der Waals surface area contributed by atoms with E-state index in [1.165, 1.54) is 0 Å². The normalized spacial score (nSPS) is 13.5. The number of ether oxygens (including phenoxy) is 8. The van der Waals surface area contributed by atoms with Crippen LogP contribution in [0.4, 0.5) is 35.7 Å². The maximum Gasteiger partial charge on any atom is 0.231 e. The summed E-state index contributed by atoms with van der Waals surface area (Å²) in [7, 11) is 0. The Morgan fingerprint density at radius 2 is 0.556 bits per heavy atom. The van der Waals surface area contributed by atoms with Gasteiger partial charge in [-0.1, -0.05) is 24.3 Å². The SMILES string of the molecule is c1cc2c(cc1CNc1nc(NCCCCCNc3nc(NCc4ccc5c(c4)OCO5)nc(NCc4ccc5c(c4)OCO5)n3)nc(NCc3ccc4c(c3)OCO4)n1)OCO2. The summed E-state index contributed by atoms with van der Waals surface area (Å²) in [6.45, 7) is 4.09. The minimum Gasteiger partial charge on any atom is -0.454 e. The molecule has 0 amide bonds. The molecule has 0 saturated heterocycles. The fourth-order valence-corrected chi connectivity index (χ4v) is 6.98. The molecular formula is C43H44N12O8. The van der Waals surface area contributed by atoms with Gasteiger partial charge >= 0.3 is 0 Å². The topological polar surface area (TPSA) is 223 Å². The summed E-state index contributed by atoms with van der Waals surface area (Å²) < 4.78 is 44.0. The van der Waals surface area contributed by atoms with Crippen molar-refractivity contribution >= 4 is 35.7 Å². The first-order valence-corrected chi connectivity index (χ1v) is 20.6. The third-order valence-corrected chi connectivity index (χ3v) is 10.2. The second-order valence-electron chi connectivity index (χ2n) is 14.7. The van der Waals surface area contributed by atoms with Gasteiger partial charge in [0.05, 0.1) is 0 Å². The standard InChI is InChI=1S/C43H44N12O8/c1(2-12-44-38-50-40(46-18-26-4-8-30-34(14-26)60-22-56-30)54-41(51-38)47-19-27-5-9-31-35(15-27)61-23-57-31)3-13-45-39-52-42(48-20-28-6-10-32-36(16-28)62-24-58-32)55-43(53-39)49-21-29-7-11-33-37(17-29)63-25-59-33/h4-11,14-17H,1-3,12-13,18-25H2,(H3,44,46,47,50,51,54)(H3,45,48,49,52,53,55). The van der Waals surface area contributed by atoms with Crippen LogP contribution in [-0.4, -0.2) is 70.2 Å². The summed E-state index contributed by atoms with van der Waals surface area (Å²) >= 11 is 0. The van der Waals surface area contributed by atoms with Crippen molar-refractivity contribution in [3.63, 3.8) is 0 Å². The monoisotopic (exact) mass is 856 g/mol. The predicted octanol–water partition coefficient (Wildman–Crippen LogP) is 6.11. The molecule has 0 bridgehead atoms. The molecule has 4 aromatic carbocycles. The van der Waals surface area contributed by atoms with Gasteiger partial charge in [0.2, 0.25) is 62.9 Å². The highest BCUT2D eigenvalue weighted by Crippen LogP contribution is 2.35. The number of hydrogen-bond donors (Lipinski definition) is 6. The Morgan fingerprint density at radius 1 is 0.302 bits per heavy atom. The molecule has 2 aromatic heterocycles. The Labute approximate surface area is 361 Å². The van der Waals surface area contributed by atoms with Crippen molar-refractivity contribution in [3.05, 3.63) is 95.1 Å². The third-order valence-electron chi connectivity index (χ3n) is 10.2. The molecule has 0 aliphatic carbocycles. The lowest BCUT2D eigenvalue weighted by atomic mass is 10.2. The average Bonchev–Trinajstić information content (AvgIpc) is 4.16. The lowest BCUT2D eigenvalue weighted by Crippen LogP contribution is -2.14.